The van der Waals surface area contributed by atoms with Crippen LogP contribution in [0.4, 0.5) is 0 Å². The molecule has 0 aliphatic heterocycles. The molecule has 0 heterocycles. The number of benzene rings is 2. The summed E-state index contributed by atoms with van der Waals surface area (Å²) in [6, 6.07) is 17.9. The lowest BCUT2D eigenvalue weighted by atomic mass is 10.1. The van der Waals surface area contributed by atoms with Crippen LogP contribution in [0.2, 0.25) is 0 Å². The largest absolute Gasteiger partial charge is 0.489 e. The van der Waals surface area contributed by atoms with Crippen molar-refractivity contribution < 1.29 is 9.84 Å². The van der Waals surface area contributed by atoms with Gasteiger partial charge in [0.2, 0.25) is 0 Å². The van der Waals surface area contributed by atoms with Gasteiger partial charge in [-0.1, -0.05) is 48.5 Å². The Morgan fingerprint density at radius 1 is 1.00 bits per heavy atom. The van der Waals surface area contributed by atoms with Crippen molar-refractivity contribution in [1.29, 1.82) is 0 Å². The highest BCUT2D eigenvalue weighted by atomic mass is 16.5. The van der Waals surface area contributed by atoms with Gasteiger partial charge in [0, 0.05) is 6.42 Å². The quantitative estimate of drug-likeness (QED) is 0.872. The Bertz CT molecular complexity index is 477. The van der Waals surface area contributed by atoms with E-state index in [0.29, 0.717) is 13.0 Å². The summed E-state index contributed by atoms with van der Waals surface area (Å²) in [4.78, 5) is 0. The predicted octanol–water partition coefficient (Wildman–Crippen LogP) is 3.19. The second kappa shape index (κ2) is 6.22. The molecular formula is C16H18O2. The van der Waals surface area contributed by atoms with Gasteiger partial charge in [-0.3, -0.25) is 0 Å². The molecule has 0 radical (unpaired) electrons. The van der Waals surface area contributed by atoms with E-state index in [2.05, 4.69) is 0 Å². The Balaban J connectivity index is 2.05. The van der Waals surface area contributed by atoms with Gasteiger partial charge in [-0.15, -0.1) is 0 Å². The number of aliphatic hydroxyl groups is 1. The van der Waals surface area contributed by atoms with Gasteiger partial charge in [0.1, 0.15) is 12.4 Å². The van der Waals surface area contributed by atoms with E-state index >= 15 is 0 Å². The summed E-state index contributed by atoms with van der Waals surface area (Å²) >= 11 is 0. The molecule has 0 spiro atoms. The Kier molecular flexibility index (Phi) is 4.37. The molecule has 0 saturated heterocycles. The molecule has 2 aromatic carbocycles. The van der Waals surface area contributed by atoms with Crippen LogP contribution in [0.5, 0.6) is 5.75 Å². The van der Waals surface area contributed by atoms with E-state index in [1.807, 2.05) is 54.6 Å². The normalized spacial score (nSPS) is 12.1. The van der Waals surface area contributed by atoms with Crippen molar-refractivity contribution in [3.8, 4) is 5.75 Å². The zero-order valence-corrected chi connectivity index (χ0v) is 10.5. The third-order valence-corrected chi connectivity index (χ3v) is 2.73. The maximum Gasteiger partial charge on any atom is 0.123 e. The molecule has 2 rings (SSSR count). The monoisotopic (exact) mass is 242 g/mol. The molecule has 0 amide bonds. The first-order valence-electron chi connectivity index (χ1n) is 6.18. The fourth-order valence-electron chi connectivity index (χ4n) is 1.87. The van der Waals surface area contributed by atoms with Crippen molar-refractivity contribution in [3.63, 3.8) is 0 Å². The van der Waals surface area contributed by atoms with Gasteiger partial charge in [-0.05, 0) is 24.1 Å². The lowest BCUT2D eigenvalue weighted by Crippen LogP contribution is -2.06. The number of hydrogen-bond donors (Lipinski definition) is 1. The second-order valence-corrected chi connectivity index (χ2v) is 4.44. The van der Waals surface area contributed by atoms with Crippen LogP contribution in [0.15, 0.2) is 54.6 Å². The average molecular weight is 242 g/mol. The number of aliphatic hydroxyl groups excluding tert-OH is 1. The standard InChI is InChI=1S/C16H18O2/c1-13(17)11-15-9-5-6-10-16(15)18-12-14-7-3-2-4-8-14/h2-10,13,17H,11-12H2,1H3. The molecule has 0 aliphatic rings. The molecule has 1 atom stereocenters. The Hall–Kier alpha value is -1.80. The number of hydrogen-bond acceptors (Lipinski definition) is 2. The Morgan fingerprint density at radius 2 is 1.67 bits per heavy atom. The maximum atomic E-state index is 9.46. The molecule has 18 heavy (non-hydrogen) atoms. The molecule has 0 bridgehead atoms. The Labute approximate surface area is 108 Å². The summed E-state index contributed by atoms with van der Waals surface area (Å²) in [6.07, 6.45) is 0.261. The van der Waals surface area contributed by atoms with Crippen molar-refractivity contribution >= 4 is 0 Å². The van der Waals surface area contributed by atoms with E-state index in [0.717, 1.165) is 16.9 Å². The first kappa shape index (κ1) is 12.7. The maximum absolute atomic E-state index is 9.46. The average Bonchev–Trinajstić information content (AvgIpc) is 2.38. The van der Waals surface area contributed by atoms with Gasteiger partial charge >= 0.3 is 0 Å². The minimum Gasteiger partial charge on any atom is -0.489 e. The highest BCUT2D eigenvalue weighted by Crippen LogP contribution is 2.20. The van der Waals surface area contributed by atoms with Gasteiger partial charge < -0.3 is 9.84 Å². The predicted molar refractivity (Wildman–Crippen MR) is 72.6 cm³/mol. The molecule has 0 aromatic heterocycles. The SMILES string of the molecule is CC(O)Cc1ccccc1OCc1ccccc1. The topological polar surface area (TPSA) is 29.5 Å². The summed E-state index contributed by atoms with van der Waals surface area (Å²) in [5.41, 5.74) is 2.19. The van der Waals surface area contributed by atoms with Crippen LogP contribution in [0.25, 0.3) is 0 Å². The molecular weight excluding hydrogens is 224 g/mol. The zero-order valence-electron chi connectivity index (χ0n) is 10.5. The summed E-state index contributed by atoms with van der Waals surface area (Å²) in [5, 5.41) is 9.46. The summed E-state index contributed by atoms with van der Waals surface area (Å²) in [5.74, 6) is 0.849. The summed E-state index contributed by atoms with van der Waals surface area (Å²) < 4.78 is 5.81. The van der Waals surface area contributed by atoms with Gasteiger partial charge in [-0.25, -0.2) is 0 Å². The molecule has 2 heteroatoms. The fraction of sp³-hybridized carbons (Fsp3) is 0.250. The third-order valence-electron chi connectivity index (χ3n) is 2.73. The first-order chi connectivity index (χ1) is 8.75. The van der Waals surface area contributed by atoms with Crippen LogP contribution >= 0.6 is 0 Å². The van der Waals surface area contributed by atoms with E-state index in [1.165, 1.54) is 0 Å². The van der Waals surface area contributed by atoms with Crippen LogP contribution in [0.3, 0.4) is 0 Å². The van der Waals surface area contributed by atoms with Gasteiger partial charge in [0.15, 0.2) is 0 Å². The van der Waals surface area contributed by atoms with E-state index in [9.17, 15) is 5.11 Å². The number of para-hydroxylation sites is 1. The molecule has 0 fully saturated rings. The minimum absolute atomic E-state index is 0.355. The van der Waals surface area contributed by atoms with Crippen LogP contribution < -0.4 is 4.74 Å². The van der Waals surface area contributed by atoms with Crippen LogP contribution in [0.1, 0.15) is 18.1 Å². The highest BCUT2D eigenvalue weighted by Gasteiger charge is 2.06. The van der Waals surface area contributed by atoms with Crippen molar-refractivity contribution in [1.82, 2.24) is 0 Å². The van der Waals surface area contributed by atoms with E-state index in [1.54, 1.807) is 6.92 Å². The molecule has 0 saturated carbocycles. The first-order valence-corrected chi connectivity index (χ1v) is 6.18. The number of ether oxygens (including phenoxy) is 1. The summed E-state index contributed by atoms with van der Waals surface area (Å²) in [6.45, 7) is 2.34. The van der Waals surface area contributed by atoms with Gasteiger partial charge in [0.25, 0.3) is 0 Å². The molecule has 2 nitrogen and oxygen atoms in total. The minimum atomic E-state index is -0.355. The van der Waals surface area contributed by atoms with Crippen LogP contribution in [-0.2, 0) is 13.0 Å². The lowest BCUT2D eigenvalue weighted by Gasteiger charge is -2.12. The second-order valence-electron chi connectivity index (χ2n) is 4.44. The lowest BCUT2D eigenvalue weighted by molar-refractivity contribution is 0.193. The van der Waals surface area contributed by atoms with E-state index in [4.69, 9.17) is 4.74 Å². The smallest absolute Gasteiger partial charge is 0.123 e. The molecule has 94 valence electrons. The highest BCUT2D eigenvalue weighted by molar-refractivity contribution is 5.34. The third kappa shape index (κ3) is 3.60. The zero-order chi connectivity index (χ0) is 12.8. The van der Waals surface area contributed by atoms with Gasteiger partial charge in [-0.2, -0.15) is 0 Å². The van der Waals surface area contributed by atoms with Crippen LogP contribution in [0, 0.1) is 0 Å². The van der Waals surface area contributed by atoms with Crippen molar-refractivity contribution in [3.05, 3.63) is 65.7 Å². The molecule has 2 aromatic rings. The van der Waals surface area contributed by atoms with E-state index in [-0.39, 0.29) is 6.10 Å². The van der Waals surface area contributed by atoms with Crippen molar-refractivity contribution in [2.45, 2.75) is 26.1 Å². The Morgan fingerprint density at radius 3 is 2.39 bits per heavy atom. The molecule has 1 N–H and O–H groups in total. The van der Waals surface area contributed by atoms with E-state index < -0.39 is 0 Å². The molecule has 1 unspecified atom stereocenters. The van der Waals surface area contributed by atoms with Crippen LogP contribution in [-0.4, -0.2) is 11.2 Å². The molecule has 0 aliphatic carbocycles. The fourth-order valence-corrected chi connectivity index (χ4v) is 1.87. The van der Waals surface area contributed by atoms with Crippen molar-refractivity contribution in [2.24, 2.45) is 0 Å². The number of rotatable bonds is 5. The van der Waals surface area contributed by atoms with Crippen molar-refractivity contribution in [2.75, 3.05) is 0 Å². The summed E-state index contributed by atoms with van der Waals surface area (Å²) in [7, 11) is 0. The van der Waals surface area contributed by atoms with Gasteiger partial charge in [0.05, 0.1) is 6.10 Å².